The van der Waals surface area contributed by atoms with Gasteiger partial charge in [0.15, 0.2) is 5.75 Å². The third-order valence-electron chi connectivity index (χ3n) is 1.98. The second-order valence-corrected chi connectivity index (χ2v) is 2.90. The number of pyridine rings is 1. The van der Waals surface area contributed by atoms with Gasteiger partial charge in [-0.25, -0.2) is 4.98 Å². The molecule has 1 heterocycles. The van der Waals surface area contributed by atoms with Crippen molar-refractivity contribution in [1.29, 1.82) is 0 Å². The molecule has 0 saturated heterocycles. The van der Waals surface area contributed by atoms with E-state index < -0.39 is 0 Å². The fourth-order valence-corrected chi connectivity index (χ4v) is 1.29. The number of hydrogen-bond donors (Lipinski definition) is 1. The van der Waals surface area contributed by atoms with Crippen LogP contribution in [0.5, 0.6) is 17.4 Å². The van der Waals surface area contributed by atoms with Crippen LogP contribution in [0.2, 0.25) is 0 Å². The molecule has 0 aliphatic rings. The molecule has 0 aliphatic carbocycles. The average Bonchev–Trinajstić information content (AvgIpc) is 2.28. The van der Waals surface area contributed by atoms with Crippen molar-refractivity contribution in [2.45, 2.75) is 6.42 Å². The van der Waals surface area contributed by atoms with Crippen LogP contribution in [-0.4, -0.2) is 32.9 Å². The molecule has 0 atom stereocenters. The molecule has 5 nitrogen and oxygen atoms in total. The summed E-state index contributed by atoms with van der Waals surface area (Å²) in [7, 11) is 4.66. The van der Waals surface area contributed by atoms with Gasteiger partial charge in [0.05, 0.1) is 21.3 Å². The number of hydrogen-bond acceptors (Lipinski definition) is 5. The molecule has 0 aliphatic heterocycles. The Kier molecular flexibility index (Phi) is 4.17. The maximum absolute atomic E-state index is 5.46. The van der Waals surface area contributed by atoms with Gasteiger partial charge in [-0.1, -0.05) is 0 Å². The zero-order chi connectivity index (χ0) is 11.3. The average molecular weight is 212 g/mol. The lowest BCUT2D eigenvalue weighted by Gasteiger charge is -2.12. The minimum Gasteiger partial charge on any atom is -0.493 e. The van der Waals surface area contributed by atoms with Crippen LogP contribution in [0.15, 0.2) is 6.07 Å². The van der Waals surface area contributed by atoms with Crippen LogP contribution in [0.25, 0.3) is 0 Å². The number of aromatic nitrogens is 1. The van der Waals surface area contributed by atoms with Gasteiger partial charge in [-0.05, 0) is 6.54 Å². The highest BCUT2D eigenvalue weighted by Gasteiger charge is 2.14. The quantitative estimate of drug-likeness (QED) is 0.774. The van der Waals surface area contributed by atoms with E-state index in [1.807, 2.05) is 0 Å². The van der Waals surface area contributed by atoms with Crippen molar-refractivity contribution in [3.05, 3.63) is 11.8 Å². The molecule has 0 bridgehead atoms. The first-order valence-electron chi connectivity index (χ1n) is 4.62. The van der Waals surface area contributed by atoms with E-state index in [1.54, 1.807) is 20.3 Å². The number of nitrogens with two attached hydrogens (primary N) is 1. The molecule has 15 heavy (non-hydrogen) atoms. The van der Waals surface area contributed by atoms with E-state index in [-0.39, 0.29) is 0 Å². The van der Waals surface area contributed by atoms with Crippen molar-refractivity contribution in [1.82, 2.24) is 4.98 Å². The predicted octanol–water partition coefficient (Wildman–Crippen LogP) is 0.609. The lowest BCUT2D eigenvalue weighted by atomic mass is 10.2. The van der Waals surface area contributed by atoms with Crippen molar-refractivity contribution in [3.8, 4) is 17.4 Å². The summed E-state index contributed by atoms with van der Waals surface area (Å²) in [6.45, 7) is 0.533. The monoisotopic (exact) mass is 212 g/mol. The Morgan fingerprint density at radius 1 is 1.20 bits per heavy atom. The lowest BCUT2D eigenvalue weighted by Crippen LogP contribution is -2.06. The largest absolute Gasteiger partial charge is 0.493 e. The molecular weight excluding hydrogens is 196 g/mol. The van der Waals surface area contributed by atoms with Crippen molar-refractivity contribution >= 4 is 0 Å². The molecule has 2 N–H and O–H groups in total. The summed E-state index contributed by atoms with van der Waals surface area (Å²) >= 11 is 0. The molecular formula is C10H16N2O3. The van der Waals surface area contributed by atoms with E-state index in [0.717, 1.165) is 5.69 Å². The Morgan fingerprint density at radius 2 is 1.93 bits per heavy atom. The number of rotatable bonds is 5. The summed E-state index contributed by atoms with van der Waals surface area (Å²) in [6.07, 6.45) is 0.677. The molecule has 0 radical (unpaired) electrons. The SMILES string of the molecule is COc1cc(CCN)nc(OC)c1OC. The minimum absolute atomic E-state index is 0.417. The van der Waals surface area contributed by atoms with Crippen molar-refractivity contribution in [3.63, 3.8) is 0 Å². The molecule has 84 valence electrons. The van der Waals surface area contributed by atoms with Crippen LogP contribution in [0.3, 0.4) is 0 Å². The first kappa shape index (κ1) is 11.6. The maximum atomic E-state index is 5.46. The number of methoxy groups -OCH3 is 3. The van der Waals surface area contributed by atoms with E-state index in [9.17, 15) is 0 Å². The predicted molar refractivity (Wildman–Crippen MR) is 56.7 cm³/mol. The highest BCUT2D eigenvalue weighted by molar-refractivity contribution is 5.48. The number of ether oxygens (including phenoxy) is 3. The van der Waals surface area contributed by atoms with Gasteiger partial charge < -0.3 is 19.9 Å². The van der Waals surface area contributed by atoms with Crippen LogP contribution in [0, 0.1) is 0 Å². The van der Waals surface area contributed by atoms with Crippen LogP contribution < -0.4 is 19.9 Å². The maximum Gasteiger partial charge on any atom is 0.261 e. The van der Waals surface area contributed by atoms with E-state index in [2.05, 4.69) is 4.98 Å². The second kappa shape index (κ2) is 5.41. The van der Waals surface area contributed by atoms with Crippen molar-refractivity contribution < 1.29 is 14.2 Å². The van der Waals surface area contributed by atoms with E-state index >= 15 is 0 Å². The molecule has 0 spiro atoms. The molecule has 5 heteroatoms. The van der Waals surface area contributed by atoms with Crippen LogP contribution >= 0.6 is 0 Å². The first-order chi connectivity index (χ1) is 7.26. The van der Waals surface area contributed by atoms with E-state index in [1.165, 1.54) is 7.11 Å². The molecule has 0 saturated carbocycles. The fraction of sp³-hybridized carbons (Fsp3) is 0.500. The smallest absolute Gasteiger partial charge is 0.261 e. The Labute approximate surface area is 89.2 Å². The molecule has 1 aromatic rings. The molecule has 1 aromatic heterocycles. The molecule has 1 rings (SSSR count). The van der Waals surface area contributed by atoms with Crippen molar-refractivity contribution in [2.24, 2.45) is 5.73 Å². The van der Waals surface area contributed by atoms with E-state index in [4.69, 9.17) is 19.9 Å². The van der Waals surface area contributed by atoms with Gasteiger partial charge in [-0.3, -0.25) is 0 Å². The Hall–Kier alpha value is -1.49. The van der Waals surface area contributed by atoms with Gasteiger partial charge in [0.25, 0.3) is 5.88 Å². The highest BCUT2D eigenvalue weighted by atomic mass is 16.5. The third-order valence-corrected chi connectivity index (χ3v) is 1.98. The van der Waals surface area contributed by atoms with Gasteiger partial charge >= 0.3 is 0 Å². The summed E-state index contributed by atoms with van der Waals surface area (Å²) in [4.78, 5) is 4.25. The second-order valence-electron chi connectivity index (χ2n) is 2.90. The molecule has 0 fully saturated rings. The minimum atomic E-state index is 0.417. The standard InChI is InChI=1S/C10H16N2O3/c1-13-8-6-7(4-5-11)12-10(15-3)9(8)14-2/h6H,4-5,11H2,1-3H3. The summed E-state index contributed by atoms with van der Waals surface area (Å²) in [6, 6.07) is 1.80. The first-order valence-corrected chi connectivity index (χ1v) is 4.62. The van der Waals surface area contributed by atoms with Crippen LogP contribution in [-0.2, 0) is 6.42 Å². The molecule has 0 amide bonds. The van der Waals surface area contributed by atoms with Gasteiger partial charge in [-0.2, -0.15) is 0 Å². The van der Waals surface area contributed by atoms with E-state index in [0.29, 0.717) is 30.3 Å². The van der Waals surface area contributed by atoms with Gasteiger partial charge in [0.1, 0.15) is 0 Å². The van der Waals surface area contributed by atoms with Gasteiger partial charge in [-0.15, -0.1) is 0 Å². The zero-order valence-electron chi connectivity index (χ0n) is 9.24. The van der Waals surface area contributed by atoms with Crippen LogP contribution in [0.4, 0.5) is 0 Å². The number of nitrogens with zero attached hydrogens (tertiary/aromatic N) is 1. The summed E-state index contributed by atoms with van der Waals surface area (Å²) in [5.41, 5.74) is 6.29. The molecule has 0 unspecified atom stereocenters. The summed E-state index contributed by atoms with van der Waals surface area (Å²) in [5.74, 6) is 1.52. The van der Waals surface area contributed by atoms with Gasteiger partial charge in [0.2, 0.25) is 5.75 Å². The lowest BCUT2D eigenvalue weighted by molar-refractivity contribution is 0.314. The van der Waals surface area contributed by atoms with Gasteiger partial charge in [0, 0.05) is 18.2 Å². The van der Waals surface area contributed by atoms with Crippen LogP contribution in [0.1, 0.15) is 5.69 Å². The topological polar surface area (TPSA) is 66.6 Å². The third kappa shape index (κ3) is 2.50. The summed E-state index contributed by atoms with van der Waals surface area (Å²) < 4.78 is 15.4. The van der Waals surface area contributed by atoms with Crippen molar-refractivity contribution in [2.75, 3.05) is 27.9 Å². The normalized spacial score (nSPS) is 9.87. The Bertz CT molecular complexity index is 303. The fourth-order valence-electron chi connectivity index (χ4n) is 1.29. The zero-order valence-corrected chi connectivity index (χ0v) is 9.24. The Morgan fingerprint density at radius 3 is 2.40 bits per heavy atom. The molecule has 0 aromatic carbocycles. The highest BCUT2D eigenvalue weighted by Crippen LogP contribution is 2.35. The Balaban J connectivity index is 3.16. The summed E-state index contributed by atoms with van der Waals surface area (Å²) in [5, 5.41) is 0.